The van der Waals surface area contributed by atoms with Gasteiger partial charge in [-0.15, -0.1) is 0 Å². The van der Waals surface area contributed by atoms with E-state index in [2.05, 4.69) is 0 Å². The van der Waals surface area contributed by atoms with E-state index < -0.39 is 5.60 Å². The van der Waals surface area contributed by atoms with Gasteiger partial charge in [0, 0.05) is 17.7 Å². The minimum absolute atomic E-state index is 0.166. The van der Waals surface area contributed by atoms with Crippen molar-refractivity contribution < 1.29 is 14.6 Å². The molecule has 0 saturated heterocycles. The molecule has 1 atom stereocenters. The second-order valence-corrected chi connectivity index (χ2v) is 5.63. The lowest BCUT2D eigenvalue weighted by Crippen LogP contribution is -2.29. The first kappa shape index (κ1) is 16.1. The van der Waals surface area contributed by atoms with Crippen LogP contribution >= 0.6 is 23.2 Å². The van der Waals surface area contributed by atoms with E-state index in [1.807, 2.05) is 0 Å². The highest BCUT2D eigenvalue weighted by Crippen LogP contribution is 2.34. The normalized spacial score (nSPS) is 13.8. The molecule has 5 heteroatoms. The molecule has 112 valence electrons. The van der Waals surface area contributed by atoms with Crippen molar-refractivity contribution >= 4 is 23.2 Å². The van der Waals surface area contributed by atoms with Gasteiger partial charge in [0.15, 0.2) is 0 Å². The molecule has 0 saturated carbocycles. The van der Waals surface area contributed by atoms with Crippen LogP contribution in [0, 0.1) is 0 Å². The highest BCUT2D eigenvalue weighted by Gasteiger charge is 2.27. The molecule has 0 fully saturated rings. The second-order valence-electron chi connectivity index (χ2n) is 4.79. The van der Waals surface area contributed by atoms with Gasteiger partial charge in [-0.1, -0.05) is 29.3 Å². The maximum Gasteiger partial charge on any atom is 0.128 e. The highest BCUT2D eigenvalue weighted by atomic mass is 35.5. The summed E-state index contributed by atoms with van der Waals surface area (Å²) in [5.41, 5.74) is -0.131. The van der Waals surface area contributed by atoms with Crippen LogP contribution < -0.4 is 4.74 Å². The predicted octanol–water partition coefficient (Wildman–Crippen LogP) is 4.64. The van der Waals surface area contributed by atoms with Crippen LogP contribution in [-0.4, -0.2) is 18.8 Å². The Labute approximate surface area is 134 Å². The van der Waals surface area contributed by atoms with Gasteiger partial charge in [-0.2, -0.15) is 0 Å². The molecule has 1 unspecified atom stereocenters. The first-order valence-corrected chi connectivity index (χ1v) is 7.13. The van der Waals surface area contributed by atoms with E-state index >= 15 is 0 Å². The molecule has 0 aromatic heterocycles. The van der Waals surface area contributed by atoms with Crippen molar-refractivity contribution in [3.05, 3.63) is 58.1 Å². The first-order valence-electron chi connectivity index (χ1n) is 6.38. The smallest absolute Gasteiger partial charge is 0.128 e. The lowest BCUT2D eigenvalue weighted by atomic mass is 9.96. The van der Waals surface area contributed by atoms with Crippen LogP contribution in [0.15, 0.2) is 42.5 Å². The van der Waals surface area contributed by atoms with Crippen molar-refractivity contribution in [3.8, 4) is 11.5 Å². The lowest BCUT2D eigenvalue weighted by Gasteiger charge is -2.27. The number of halogens is 2. The fourth-order valence-corrected chi connectivity index (χ4v) is 2.38. The number of aliphatic hydroxyl groups is 1. The number of aliphatic hydroxyl groups excluding tert-OH is 1. The Hall–Kier alpha value is -1.26. The van der Waals surface area contributed by atoms with E-state index in [4.69, 9.17) is 32.7 Å². The van der Waals surface area contributed by atoms with Gasteiger partial charge in [-0.05, 0) is 43.3 Å². The predicted molar refractivity (Wildman–Crippen MR) is 84.4 cm³/mol. The van der Waals surface area contributed by atoms with Crippen LogP contribution in [0.5, 0.6) is 11.5 Å². The van der Waals surface area contributed by atoms with Crippen molar-refractivity contribution in [3.63, 3.8) is 0 Å². The molecule has 0 bridgehead atoms. The van der Waals surface area contributed by atoms with Crippen molar-refractivity contribution in [2.45, 2.75) is 12.5 Å². The van der Waals surface area contributed by atoms with Crippen LogP contribution in [0.4, 0.5) is 0 Å². The number of hydrogen-bond acceptors (Lipinski definition) is 3. The molecule has 2 aromatic carbocycles. The Bertz CT molecular complexity index is 607. The van der Waals surface area contributed by atoms with E-state index in [9.17, 15) is 5.11 Å². The summed E-state index contributed by atoms with van der Waals surface area (Å²) in [7, 11) is 1.53. The molecule has 0 amide bonds. The van der Waals surface area contributed by atoms with Crippen LogP contribution in [-0.2, 0) is 10.3 Å². The summed E-state index contributed by atoms with van der Waals surface area (Å²) < 4.78 is 11.0. The summed E-state index contributed by atoms with van der Waals surface area (Å²) in [5, 5.41) is 10.6. The summed E-state index contributed by atoms with van der Waals surface area (Å²) in [5.74, 6) is 1.27. The third kappa shape index (κ3) is 3.69. The lowest BCUT2D eigenvalue weighted by molar-refractivity contribution is -0.0421. The maximum atomic E-state index is 9.47. The molecule has 0 radical (unpaired) electrons. The molecule has 21 heavy (non-hydrogen) atoms. The summed E-state index contributed by atoms with van der Waals surface area (Å²) >= 11 is 12.1. The largest absolute Gasteiger partial charge is 0.457 e. The topological polar surface area (TPSA) is 38.7 Å². The third-order valence-electron chi connectivity index (χ3n) is 3.31. The standard InChI is InChI=1S/C16H16Cl2O3/c1-16(10-19,20-2)14-8-7-13(9-15(14)18)21-12-5-3-11(17)4-6-12/h3-9,19H,10H2,1-2H3. The molecule has 0 aliphatic rings. The van der Waals surface area contributed by atoms with Crippen molar-refractivity contribution in [1.29, 1.82) is 0 Å². The van der Waals surface area contributed by atoms with Crippen LogP contribution in [0.25, 0.3) is 0 Å². The molecule has 0 aliphatic heterocycles. The molecular formula is C16H16Cl2O3. The van der Waals surface area contributed by atoms with E-state index in [0.717, 1.165) is 0 Å². The summed E-state index contributed by atoms with van der Waals surface area (Å²) in [6.07, 6.45) is 0. The van der Waals surface area contributed by atoms with Gasteiger partial charge in [-0.25, -0.2) is 0 Å². The van der Waals surface area contributed by atoms with Crippen LogP contribution in [0.3, 0.4) is 0 Å². The second kappa shape index (κ2) is 6.67. The third-order valence-corrected chi connectivity index (χ3v) is 3.88. The molecule has 0 heterocycles. The highest BCUT2D eigenvalue weighted by molar-refractivity contribution is 6.31. The van der Waals surface area contributed by atoms with Gasteiger partial charge < -0.3 is 14.6 Å². The Balaban J connectivity index is 2.25. The van der Waals surface area contributed by atoms with Gasteiger partial charge in [0.25, 0.3) is 0 Å². The molecule has 3 nitrogen and oxygen atoms in total. The zero-order valence-corrected chi connectivity index (χ0v) is 13.3. The Morgan fingerprint density at radius 3 is 2.19 bits per heavy atom. The van der Waals surface area contributed by atoms with Gasteiger partial charge >= 0.3 is 0 Å². The molecule has 0 aliphatic carbocycles. The minimum atomic E-state index is -0.837. The summed E-state index contributed by atoms with van der Waals surface area (Å²) in [6.45, 7) is 1.61. The summed E-state index contributed by atoms with van der Waals surface area (Å²) in [6, 6.07) is 12.3. The number of benzene rings is 2. The number of rotatable bonds is 5. The number of ether oxygens (including phenoxy) is 2. The number of hydrogen-bond donors (Lipinski definition) is 1. The molecular weight excluding hydrogens is 311 g/mol. The molecule has 2 rings (SSSR count). The SMILES string of the molecule is COC(C)(CO)c1ccc(Oc2ccc(Cl)cc2)cc1Cl. The zero-order valence-electron chi connectivity index (χ0n) is 11.8. The molecule has 0 spiro atoms. The molecule has 1 N–H and O–H groups in total. The Morgan fingerprint density at radius 2 is 1.67 bits per heavy atom. The first-order chi connectivity index (χ1) is 9.98. The summed E-state index contributed by atoms with van der Waals surface area (Å²) in [4.78, 5) is 0. The number of methoxy groups -OCH3 is 1. The fourth-order valence-electron chi connectivity index (χ4n) is 1.89. The van der Waals surface area contributed by atoms with Gasteiger partial charge in [-0.3, -0.25) is 0 Å². The maximum absolute atomic E-state index is 9.47. The average molecular weight is 327 g/mol. The average Bonchev–Trinajstić information content (AvgIpc) is 2.49. The van der Waals surface area contributed by atoms with E-state index in [1.54, 1.807) is 49.4 Å². The van der Waals surface area contributed by atoms with Crippen molar-refractivity contribution in [1.82, 2.24) is 0 Å². The zero-order chi connectivity index (χ0) is 15.5. The van der Waals surface area contributed by atoms with Gasteiger partial charge in [0.05, 0.1) is 11.6 Å². The Kier molecular flexibility index (Phi) is 5.12. The molecule has 2 aromatic rings. The van der Waals surface area contributed by atoms with Gasteiger partial charge in [0.2, 0.25) is 0 Å². The van der Waals surface area contributed by atoms with E-state index in [0.29, 0.717) is 27.1 Å². The van der Waals surface area contributed by atoms with E-state index in [-0.39, 0.29) is 6.61 Å². The van der Waals surface area contributed by atoms with E-state index in [1.165, 1.54) is 7.11 Å². The van der Waals surface area contributed by atoms with Gasteiger partial charge in [0.1, 0.15) is 17.1 Å². The van der Waals surface area contributed by atoms with Crippen LogP contribution in [0.2, 0.25) is 10.0 Å². The fraction of sp³-hybridized carbons (Fsp3) is 0.250. The Morgan fingerprint density at radius 1 is 1.05 bits per heavy atom. The minimum Gasteiger partial charge on any atom is -0.457 e. The monoisotopic (exact) mass is 326 g/mol. The van der Waals surface area contributed by atoms with Crippen LogP contribution in [0.1, 0.15) is 12.5 Å². The van der Waals surface area contributed by atoms with Crippen molar-refractivity contribution in [2.24, 2.45) is 0 Å². The van der Waals surface area contributed by atoms with Crippen molar-refractivity contribution in [2.75, 3.05) is 13.7 Å². The quantitative estimate of drug-likeness (QED) is 0.869.